The number of aliphatic carboxylic acids is 1. The first-order chi connectivity index (χ1) is 15.8. The lowest BCUT2D eigenvalue weighted by Crippen LogP contribution is -2.41. The second kappa shape index (κ2) is 13.9. The van der Waals surface area contributed by atoms with Crippen LogP contribution in [-0.2, 0) is 4.79 Å². The van der Waals surface area contributed by atoms with E-state index in [0.29, 0.717) is 0 Å². The van der Waals surface area contributed by atoms with Crippen LogP contribution in [0.1, 0.15) is 127 Å². The van der Waals surface area contributed by atoms with Gasteiger partial charge in [-0.25, -0.2) is 0 Å². The monoisotopic (exact) mass is 462 g/mol. The molecule has 3 unspecified atom stereocenters. The molecule has 0 aliphatic heterocycles. The first-order valence-electron chi connectivity index (χ1n) is 14.7. The molecule has 0 amide bonds. The molecule has 0 heterocycles. The molecule has 0 bridgehead atoms. The fourth-order valence-corrected chi connectivity index (χ4v) is 7.72. The van der Waals surface area contributed by atoms with Gasteiger partial charge in [0.15, 0.2) is 0 Å². The average molecular weight is 463 g/mol. The van der Waals surface area contributed by atoms with Gasteiger partial charge in [-0.05, 0) is 98.7 Å². The summed E-state index contributed by atoms with van der Waals surface area (Å²) < 4.78 is 0. The summed E-state index contributed by atoms with van der Waals surface area (Å²) in [7, 11) is 0. The van der Waals surface area contributed by atoms with Gasteiger partial charge in [0.2, 0.25) is 0 Å². The third-order valence-electron chi connectivity index (χ3n) is 9.41. The summed E-state index contributed by atoms with van der Waals surface area (Å²) in [5.41, 5.74) is 1.89. The highest BCUT2D eigenvalue weighted by Crippen LogP contribution is 2.59. The third-order valence-corrected chi connectivity index (χ3v) is 9.41. The minimum absolute atomic E-state index is 0. The van der Waals surface area contributed by atoms with Crippen molar-refractivity contribution in [2.24, 2.45) is 53.3 Å². The van der Waals surface area contributed by atoms with Crippen LogP contribution < -0.4 is 0 Å². The molecule has 0 saturated heterocycles. The zero-order valence-corrected chi connectivity index (χ0v) is 23.1. The van der Waals surface area contributed by atoms with Crippen molar-refractivity contribution in [1.29, 1.82) is 0 Å². The molecule has 4 aliphatic rings. The van der Waals surface area contributed by atoms with Crippen molar-refractivity contribution in [3.8, 4) is 0 Å². The van der Waals surface area contributed by atoms with Crippen LogP contribution in [0.3, 0.4) is 0 Å². The topological polar surface area (TPSA) is 37.3 Å². The normalized spacial score (nSPS) is 33.4. The molecule has 1 N–H and O–H groups in total. The molecular formula is C31H58O2. The zero-order chi connectivity index (χ0) is 24.5. The fourth-order valence-electron chi connectivity index (χ4n) is 7.72. The molecule has 4 aliphatic carbocycles. The SMILES string of the molecule is CC.CC(C)C(=O)O.CC(C)CCC[C@@H](C)[C@H]1CC[C@H]2C3CC=C4CCCCC4[C@H]3CCC21.[HH]. The van der Waals surface area contributed by atoms with Crippen LogP contribution in [-0.4, -0.2) is 11.1 Å². The molecule has 33 heavy (non-hydrogen) atoms. The van der Waals surface area contributed by atoms with Crippen molar-refractivity contribution in [3.05, 3.63) is 11.6 Å². The van der Waals surface area contributed by atoms with Crippen LogP contribution in [0.4, 0.5) is 0 Å². The molecule has 0 aromatic carbocycles. The maximum atomic E-state index is 9.70. The Bertz CT molecular complexity index is 611. The molecule has 4 rings (SSSR count). The Morgan fingerprint density at radius 1 is 0.909 bits per heavy atom. The summed E-state index contributed by atoms with van der Waals surface area (Å²) in [5, 5.41) is 7.99. The molecule has 0 radical (unpaired) electrons. The number of allylic oxidation sites excluding steroid dienone is 2. The van der Waals surface area contributed by atoms with Crippen LogP contribution in [0.2, 0.25) is 0 Å². The Morgan fingerprint density at radius 3 is 2.18 bits per heavy atom. The van der Waals surface area contributed by atoms with Crippen LogP contribution in [0, 0.1) is 53.3 Å². The van der Waals surface area contributed by atoms with E-state index in [1.165, 1.54) is 51.4 Å². The van der Waals surface area contributed by atoms with Gasteiger partial charge in [-0.1, -0.05) is 85.8 Å². The Labute approximate surface area is 207 Å². The molecule has 0 aromatic heterocycles. The molecule has 3 fully saturated rings. The van der Waals surface area contributed by atoms with Gasteiger partial charge in [-0.15, -0.1) is 0 Å². The van der Waals surface area contributed by atoms with E-state index in [9.17, 15) is 4.79 Å². The number of rotatable bonds is 6. The summed E-state index contributed by atoms with van der Waals surface area (Å²) in [6, 6.07) is 0. The predicted octanol–water partition coefficient (Wildman–Crippen LogP) is 9.64. The second-order valence-corrected chi connectivity index (χ2v) is 12.1. The second-order valence-electron chi connectivity index (χ2n) is 12.1. The number of carboxylic acids is 1. The predicted molar refractivity (Wildman–Crippen MR) is 144 cm³/mol. The molecule has 3 saturated carbocycles. The summed E-state index contributed by atoms with van der Waals surface area (Å²) in [4.78, 5) is 9.70. The maximum Gasteiger partial charge on any atom is 0.305 e. The van der Waals surface area contributed by atoms with Crippen molar-refractivity contribution >= 4 is 5.97 Å². The van der Waals surface area contributed by atoms with Crippen LogP contribution in [0.15, 0.2) is 11.6 Å². The molecule has 194 valence electrons. The van der Waals surface area contributed by atoms with Gasteiger partial charge in [0.1, 0.15) is 0 Å². The average Bonchev–Trinajstić information content (AvgIpc) is 3.25. The van der Waals surface area contributed by atoms with E-state index in [2.05, 4.69) is 26.8 Å². The van der Waals surface area contributed by atoms with Gasteiger partial charge in [-0.3, -0.25) is 4.79 Å². The van der Waals surface area contributed by atoms with Gasteiger partial charge < -0.3 is 5.11 Å². The fraction of sp³-hybridized carbons (Fsp3) is 0.903. The lowest BCUT2D eigenvalue weighted by Gasteiger charge is -2.49. The van der Waals surface area contributed by atoms with Crippen molar-refractivity contribution < 1.29 is 11.3 Å². The summed E-state index contributed by atoms with van der Waals surface area (Å²) in [6.45, 7) is 14.6. The smallest absolute Gasteiger partial charge is 0.305 e. The van der Waals surface area contributed by atoms with Crippen LogP contribution in [0.5, 0.6) is 0 Å². The summed E-state index contributed by atoms with van der Waals surface area (Å²) >= 11 is 0. The number of carboxylic acid groups (broad SMARTS) is 1. The Hall–Kier alpha value is -0.790. The minimum Gasteiger partial charge on any atom is -0.481 e. The van der Waals surface area contributed by atoms with Gasteiger partial charge in [0, 0.05) is 1.43 Å². The Balaban J connectivity index is 0.000000565. The number of hydrogen-bond donors (Lipinski definition) is 1. The van der Waals surface area contributed by atoms with E-state index in [1.54, 1.807) is 39.5 Å². The maximum absolute atomic E-state index is 9.70. The van der Waals surface area contributed by atoms with Crippen LogP contribution >= 0.6 is 0 Å². The standard InChI is InChI=1S/C25H42.C4H8O2.C2H6.H2/c1-17(2)7-6-8-18(3)20-13-14-25-22(20)15-16-23-21-10-5-4-9-19(21)11-12-24(23)25;1-3(2)4(5)6;1-2;/h11,17-18,20-25H,4-10,12-16H2,1-3H3;3H,1-2H3,(H,5,6);1-2H3;1H/t18-,20-,21?,22?,23-,24?,25-;;;/m1.../s1. The minimum atomic E-state index is -0.741. The van der Waals surface area contributed by atoms with Crippen molar-refractivity contribution in [3.63, 3.8) is 0 Å². The quantitative estimate of drug-likeness (QED) is 0.399. The molecule has 2 nitrogen and oxygen atoms in total. The van der Waals surface area contributed by atoms with E-state index < -0.39 is 5.97 Å². The highest BCUT2D eigenvalue weighted by Gasteiger charge is 2.50. The van der Waals surface area contributed by atoms with Crippen LogP contribution in [0.25, 0.3) is 0 Å². The molecule has 2 heteroatoms. The lowest BCUT2D eigenvalue weighted by molar-refractivity contribution is -0.140. The highest BCUT2D eigenvalue weighted by atomic mass is 16.4. The Morgan fingerprint density at radius 2 is 1.55 bits per heavy atom. The van der Waals surface area contributed by atoms with E-state index in [1.807, 2.05) is 19.4 Å². The molecule has 0 spiro atoms. The van der Waals surface area contributed by atoms with Crippen molar-refractivity contribution in [1.82, 2.24) is 0 Å². The summed E-state index contributed by atoms with van der Waals surface area (Å²) in [6.07, 6.45) is 20.8. The van der Waals surface area contributed by atoms with Gasteiger partial charge in [0.05, 0.1) is 5.92 Å². The van der Waals surface area contributed by atoms with Gasteiger partial charge in [0.25, 0.3) is 0 Å². The van der Waals surface area contributed by atoms with Gasteiger partial charge in [-0.2, -0.15) is 0 Å². The number of hydrogen-bond acceptors (Lipinski definition) is 1. The van der Waals surface area contributed by atoms with E-state index in [4.69, 9.17) is 5.11 Å². The first kappa shape index (κ1) is 28.4. The number of carbonyl (C=O) groups is 1. The Kier molecular flexibility index (Phi) is 12.0. The highest BCUT2D eigenvalue weighted by molar-refractivity contribution is 5.68. The summed E-state index contributed by atoms with van der Waals surface area (Å²) in [5.74, 6) is 7.30. The first-order valence-corrected chi connectivity index (χ1v) is 14.7. The molecule has 0 aromatic rings. The lowest BCUT2D eigenvalue weighted by atomic mass is 9.56. The van der Waals surface area contributed by atoms with E-state index in [-0.39, 0.29) is 7.34 Å². The molecule has 7 atom stereocenters. The number of fused-ring (bicyclic) bond motifs is 5. The largest absolute Gasteiger partial charge is 0.481 e. The van der Waals surface area contributed by atoms with Crippen molar-refractivity contribution in [2.75, 3.05) is 0 Å². The zero-order valence-electron chi connectivity index (χ0n) is 23.1. The van der Waals surface area contributed by atoms with E-state index in [0.717, 1.165) is 47.3 Å². The van der Waals surface area contributed by atoms with Crippen molar-refractivity contribution in [2.45, 2.75) is 126 Å². The third kappa shape index (κ3) is 7.60. The van der Waals surface area contributed by atoms with Gasteiger partial charge >= 0.3 is 5.97 Å². The van der Waals surface area contributed by atoms with E-state index >= 15 is 0 Å². The molecular weight excluding hydrogens is 404 g/mol.